The van der Waals surface area contributed by atoms with Gasteiger partial charge in [0.2, 0.25) is 0 Å². The van der Waals surface area contributed by atoms with Crippen LogP contribution in [0.1, 0.15) is 44.7 Å². The molecule has 1 unspecified atom stereocenters. The first-order valence-electron chi connectivity index (χ1n) is 8.90. The van der Waals surface area contributed by atoms with Gasteiger partial charge in [0.15, 0.2) is 5.78 Å². The zero-order chi connectivity index (χ0) is 18.3. The molecule has 132 valence electrons. The van der Waals surface area contributed by atoms with Gasteiger partial charge in [0.05, 0.1) is 23.4 Å². The molecule has 1 aromatic heterocycles. The van der Waals surface area contributed by atoms with Crippen molar-refractivity contribution in [2.45, 2.75) is 32.7 Å². The fraction of sp³-hybridized carbons (Fsp3) is 0.286. The van der Waals surface area contributed by atoms with E-state index in [1.54, 1.807) is 17.3 Å². The first kappa shape index (κ1) is 16.5. The number of aromatic amines is 1. The van der Waals surface area contributed by atoms with Crippen LogP contribution < -0.4 is 0 Å². The van der Waals surface area contributed by atoms with Crippen molar-refractivity contribution in [3.63, 3.8) is 0 Å². The van der Waals surface area contributed by atoms with Crippen molar-refractivity contribution < 1.29 is 9.59 Å². The minimum Gasteiger partial charge on any atom is -0.345 e. The Labute approximate surface area is 152 Å². The first-order valence-corrected chi connectivity index (χ1v) is 8.90. The summed E-state index contributed by atoms with van der Waals surface area (Å²) in [5, 5.41) is 0. The molecule has 5 nitrogen and oxygen atoms in total. The van der Waals surface area contributed by atoms with Gasteiger partial charge < -0.3 is 9.88 Å². The molecular formula is C21H21N3O2. The Kier molecular flexibility index (Phi) is 4.07. The number of ketones is 1. The molecule has 1 amide bonds. The van der Waals surface area contributed by atoms with Crippen molar-refractivity contribution in [2.24, 2.45) is 0 Å². The Hall–Kier alpha value is -2.95. The number of benzene rings is 2. The highest BCUT2D eigenvalue weighted by atomic mass is 16.2. The van der Waals surface area contributed by atoms with E-state index < -0.39 is 0 Å². The zero-order valence-corrected chi connectivity index (χ0v) is 15.0. The Morgan fingerprint density at radius 3 is 2.85 bits per heavy atom. The highest BCUT2D eigenvalue weighted by molar-refractivity contribution is 6.06. The number of carbonyl (C=O) groups is 2. The van der Waals surface area contributed by atoms with Gasteiger partial charge in [-0.25, -0.2) is 4.98 Å². The largest absolute Gasteiger partial charge is 0.345 e. The summed E-state index contributed by atoms with van der Waals surface area (Å²) in [6.07, 6.45) is 3.17. The molecule has 1 N–H and O–H groups in total. The molecular weight excluding hydrogens is 326 g/mol. The van der Waals surface area contributed by atoms with Crippen LogP contribution in [0.3, 0.4) is 0 Å². The standard InChI is InChI=1S/C21H21N3O2/c1-13-5-6-14(2)16(10-13)20(25)19-4-3-9-24(19)21(26)15-7-8-17-18(11-15)23-12-22-17/h5-8,10-12,19H,3-4,9H2,1-2H3,(H,22,23). The number of Topliss-reactive ketones (excluding diaryl/α,β-unsaturated/α-hetero) is 1. The van der Waals surface area contributed by atoms with Crippen molar-refractivity contribution in [1.82, 2.24) is 14.9 Å². The Bertz CT molecular complexity index is 1010. The molecule has 0 spiro atoms. The van der Waals surface area contributed by atoms with E-state index in [9.17, 15) is 9.59 Å². The van der Waals surface area contributed by atoms with Crippen LogP contribution in [-0.4, -0.2) is 39.1 Å². The van der Waals surface area contributed by atoms with E-state index >= 15 is 0 Å². The summed E-state index contributed by atoms with van der Waals surface area (Å²) in [6.45, 7) is 4.54. The van der Waals surface area contributed by atoms with E-state index in [0.29, 0.717) is 18.5 Å². The average molecular weight is 347 g/mol. The number of nitrogens with zero attached hydrogens (tertiary/aromatic N) is 2. The second kappa shape index (κ2) is 6.41. The van der Waals surface area contributed by atoms with Gasteiger partial charge in [-0.2, -0.15) is 0 Å². The predicted octanol–water partition coefficient (Wildman–Crippen LogP) is 3.67. The topological polar surface area (TPSA) is 66.1 Å². The molecule has 0 aliphatic carbocycles. The number of imidazole rings is 1. The van der Waals surface area contributed by atoms with Crippen molar-refractivity contribution in [3.8, 4) is 0 Å². The highest BCUT2D eigenvalue weighted by Crippen LogP contribution is 2.26. The van der Waals surface area contributed by atoms with E-state index in [0.717, 1.165) is 34.1 Å². The number of H-pyrrole nitrogens is 1. The minimum absolute atomic E-state index is 0.0414. The molecule has 2 aromatic carbocycles. The molecule has 1 aliphatic rings. The SMILES string of the molecule is Cc1ccc(C)c(C(=O)C2CCCN2C(=O)c2ccc3nc[nH]c3c2)c1. The number of rotatable bonds is 3. The number of aromatic nitrogens is 2. The van der Waals surface area contributed by atoms with E-state index in [1.807, 2.05) is 44.2 Å². The Balaban J connectivity index is 1.64. The van der Waals surface area contributed by atoms with Crippen LogP contribution in [0.2, 0.25) is 0 Å². The molecule has 0 radical (unpaired) electrons. The van der Waals surface area contributed by atoms with Crippen LogP contribution in [0.15, 0.2) is 42.7 Å². The lowest BCUT2D eigenvalue weighted by atomic mass is 9.96. The lowest BCUT2D eigenvalue weighted by Gasteiger charge is -2.24. The second-order valence-corrected chi connectivity index (χ2v) is 6.97. The maximum atomic E-state index is 13.1. The molecule has 4 rings (SSSR count). The maximum absolute atomic E-state index is 13.1. The van der Waals surface area contributed by atoms with Gasteiger partial charge in [0.25, 0.3) is 5.91 Å². The summed E-state index contributed by atoms with van der Waals surface area (Å²) in [6, 6.07) is 10.9. The minimum atomic E-state index is -0.388. The molecule has 0 bridgehead atoms. The molecule has 1 atom stereocenters. The smallest absolute Gasteiger partial charge is 0.254 e. The van der Waals surface area contributed by atoms with E-state index in [1.165, 1.54) is 0 Å². The molecule has 1 aliphatic heterocycles. The van der Waals surface area contributed by atoms with E-state index in [-0.39, 0.29) is 17.7 Å². The molecule has 3 aromatic rings. The highest BCUT2D eigenvalue weighted by Gasteiger charge is 2.35. The van der Waals surface area contributed by atoms with Crippen LogP contribution in [0, 0.1) is 13.8 Å². The zero-order valence-electron chi connectivity index (χ0n) is 15.0. The third kappa shape index (κ3) is 2.79. The number of amides is 1. The monoisotopic (exact) mass is 347 g/mol. The third-order valence-corrected chi connectivity index (χ3v) is 5.14. The first-order chi connectivity index (χ1) is 12.5. The van der Waals surface area contributed by atoms with Crippen molar-refractivity contribution in [3.05, 3.63) is 65.0 Å². The molecule has 2 heterocycles. The molecule has 26 heavy (non-hydrogen) atoms. The number of fused-ring (bicyclic) bond motifs is 1. The van der Waals surface area contributed by atoms with Gasteiger partial charge >= 0.3 is 0 Å². The lowest BCUT2D eigenvalue weighted by Crippen LogP contribution is -2.40. The van der Waals surface area contributed by atoms with Crippen LogP contribution in [-0.2, 0) is 0 Å². The lowest BCUT2D eigenvalue weighted by molar-refractivity contribution is 0.0671. The van der Waals surface area contributed by atoms with Crippen molar-refractivity contribution >= 4 is 22.7 Å². The molecule has 1 saturated heterocycles. The van der Waals surface area contributed by atoms with Gasteiger partial charge in [-0.15, -0.1) is 0 Å². The number of hydrogen-bond acceptors (Lipinski definition) is 3. The molecule has 0 saturated carbocycles. The number of carbonyl (C=O) groups excluding carboxylic acids is 2. The van der Waals surface area contributed by atoms with Crippen LogP contribution >= 0.6 is 0 Å². The summed E-state index contributed by atoms with van der Waals surface area (Å²) in [4.78, 5) is 35.1. The normalized spacial score (nSPS) is 17.0. The number of hydrogen-bond donors (Lipinski definition) is 1. The Morgan fingerprint density at radius 2 is 2.00 bits per heavy atom. The third-order valence-electron chi connectivity index (χ3n) is 5.14. The van der Waals surface area contributed by atoms with Crippen LogP contribution in [0.5, 0.6) is 0 Å². The predicted molar refractivity (Wildman–Crippen MR) is 100 cm³/mol. The molecule has 5 heteroatoms. The van der Waals surface area contributed by atoms with Crippen LogP contribution in [0.25, 0.3) is 11.0 Å². The summed E-state index contributed by atoms with van der Waals surface area (Å²) in [5.74, 6) is -0.0534. The van der Waals surface area contributed by atoms with Gasteiger partial charge in [0.1, 0.15) is 0 Å². The fourth-order valence-electron chi connectivity index (χ4n) is 3.70. The van der Waals surface area contributed by atoms with Crippen molar-refractivity contribution in [1.29, 1.82) is 0 Å². The second-order valence-electron chi connectivity index (χ2n) is 6.97. The summed E-state index contributed by atoms with van der Waals surface area (Å²) in [5.41, 5.74) is 4.97. The summed E-state index contributed by atoms with van der Waals surface area (Å²) >= 11 is 0. The fourth-order valence-corrected chi connectivity index (χ4v) is 3.70. The number of nitrogens with one attached hydrogen (secondary N) is 1. The van der Waals surface area contributed by atoms with E-state index in [2.05, 4.69) is 9.97 Å². The molecule has 1 fully saturated rings. The van der Waals surface area contributed by atoms with Gasteiger partial charge in [-0.05, 0) is 56.5 Å². The van der Waals surface area contributed by atoms with Gasteiger partial charge in [-0.3, -0.25) is 9.59 Å². The van der Waals surface area contributed by atoms with Gasteiger partial charge in [-0.1, -0.05) is 17.7 Å². The van der Waals surface area contributed by atoms with E-state index in [4.69, 9.17) is 0 Å². The summed E-state index contributed by atoms with van der Waals surface area (Å²) < 4.78 is 0. The van der Waals surface area contributed by atoms with Gasteiger partial charge in [0, 0.05) is 17.7 Å². The quantitative estimate of drug-likeness (QED) is 0.735. The van der Waals surface area contributed by atoms with Crippen LogP contribution in [0.4, 0.5) is 0 Å². The number of likely N-dealkylation sites (tertiary alicyclic amines) is 1. The van der Waals surface area contributed by atoms with Crippen molar-refractivity contribution in [2.75, 3.05) is 6.54 Å². The average Bonchev–Trinajstić information content (AvgIpc) is 3.31. The maximum Gasteiger partial charge on any atom is 0.254 e. The Morgan fingerprint density at radius 1 is 1.15 bits per heavy atom. The summed E-state index contributed by atoms with van der Waals surface area (Å²) in [7, 11) is 0. The number of aryl methyl sites for hydroxylation is 2.